The van der Waals surface area contributed by atoms with E-state index in [9.17, 15) is 0 Å². The number of hydrogen-bond acceptors (Lipinski definition) is 5. The third-order valence-corrected chi connectivity index (χ3v) is 2.72. The van der Waals surface area contributed by atoms with Crippen molar-refractivity contribution in [1.82, 2.24) is 9.97 Å². The third kappa shape index (κ3) is 2.90. The summed E-state index contributed by atoms with van der Waals surface area (Å²) in [5, 5.41) is 8.67. The smallest absolute Gasteiger partial charge is 0.225 e. The topological polar surface area (TPSA) is 58.5 Å². The largest absolute Gasteiger partial charge is 0.394 e. The van der Waals surface area contributed by atoms with Crippen LogP contribution in [0.1, 0.15) is 12.8 Å². The molecule has 5 heteroatoms. The number of nitrogens with zero attached hydrogens (tertiary/aromatic N) is 3. The van der Waals surface area contributed by atoms with Gasteiger partial charge in [-0.25, -0.2) is 9.97 Å². The Morgan fingerprint density at radius 3 is 2.62 bits per heavy atom. The van der Waals surface area contributed by atoms with Gasteiger partial charge in [-0.2, -0.15) is 0 Å². The zero-order valence-corrected chi connectivity index (χ0v) is 9.25. The highest BCUT2D eigenvalue weighted by molar-refractivity contribution is 5.28. The number of aromatic nitrogens is 2. The lowest BCUT2D eigenvalue weighted by atomic mass is 10.1. The molecule has 0 spiro atoms. The molecule has 1 N–H and O–H groups in total. The van der Waals surface area contributed by atoms with E-state index < -0.39 is 0 Å². The van der Waals surface area contributed by atoms with Crippen molar-refractivity contribution < 1.29 is 9.84 Å². The molecule has 1 aliphatic rings. The van der Waals surface area contributed by atoms with Gasteiger partial charge in [-0.1, -0.05) is 0 Å². The highest BCUT2D eigenvalue weighted by Gasteiger charge is 2.20. The Labute approximate surface area is 95.1 Å². The van der Waals surface area contributed by atoms with Crippen molar-refractivity contribution in [2.45, 2.75) is 18.9 Å². The van der Waals surface area contributed by atoms with Crippen LogP contribution < -0.4 is 4.90 Å². The second-order valence-electron chi connectivity index (χ2n) is 3.83. The number of hydrogen-bond donors (Lipinski definition) is 1. The quantitative estimate of drug-likeness (QED) is 0.803. The molecule has 0 radical (unpaired) electrons. The number of rotatable bonds is 4. The standard InChI is InChI=1S/C11H17N3O2/c15-8-9-16-10-2-6-14(7-3-10)11-12-4-1-5-13-11/h1,4-5,10,15H,2-3,6-9H2. The van der Waals surface area contributed by atoms with Gasteiger partial charge in [0.1, 0.15) is 0 Å². The van der Waals surface area contributed by atoms with Gasteiger partial charge >= 0.3 is 0 Å². The summed E-state index contributed by atoms with van der Waals surface area (Å²) in [6, 6.07) is 1.82. The van der Waals surface area contributed by atoms with Gasteiger partial charge in [0.2, 0.25) is 5.95 Å². The Balaban J connectivity index is 1.81. The molecule has 0 aromatic carbocycles. The highest BCUT2D eigenvalue weighted by atomic mass is 16.5. The van der Waals surface area contributed by atoms with E-state index in [0.29, 0.717) is 6.61 Å². The minimum atomic E-state index is 0.0992. The zero-order valence-electron chi connectivity index (χ0n) is 9.25. The van der Waals surface area contributed by atoms with Gasteiger partial charge < -0.3 is 14.7 Å². The SMILES string of the molecule is OCCOC1CCN(c2ncccn2)CC1. The van der Waals surface area contributed by atoms with Gasteiger partial charge in [-0.05, 0) is 18.9 Å². The molecule has 0 unspecified atom stereocenters. The van der Waals surface area contributed by atoms with Gasteiger partial charge in [0.05, 0.1) is 19.3 Å². The fourth-order valence-electron chi connectivity index (χ4n) is 1.90. The monoisotopic (exact) mass is 223 g/mol. The average molecular weight is 223 g/mol. The maximum absolute atomic E-state index is 8.67. The van der Waals surface area contributed by atoms with Gasteiger partial charge in [0, 0.05) is 25.5 Å². The summed E-state index contributed by atoms with van der Waals surface area (Å²) < 4.78 is 5.50. The first-order chi connectivity index (χ1) is 7.90. The van der Waals surface area contributed by atoms with Crippen LogP contribution >= 0.6 is 0 Å². The summed E-state index contributed by atoms with van der Waals surface area (Å²) in [6.45, 7) is 2.37. The molecule has 0 amide bonds. The third-order valence-electron chi connectivity index (χ3n) is 2.72. The van der Waals surface area contributed by atoms with E-state index in [2.05, 4.69) is 14.9 Å². The van der Waals surface area contributed by atoms with Crippen LogP contribution in [0, 0.1) is 0 Å². The van der Waals surface area contributed by atoms with E-state index in [0.717, 1.165) is 31.9 Å². The minimum absolute atomic E-state index is 0.0992. The molecule has 0 aliphatic carbocycles. The van der Waals surface area contributed by atoms with Crippen LogP contribution in [0.4, 0.5) is 5.95 Å². The van der Waals surface area contributed by atoms with Crippen LogP contribution in [0.3, 0.4) is 0 Å². The minimum Gasteiger partial charge on any atom is -0.394 e. The average Bonchev–Trinajstić information content (AvgIpc) is 2.38. The van der Waals surface area contributed by atoms with Crippen LogP contribution in [0.25, 0.3) is 0 Å². The van der Waals surface area contributed by atoms with Crippen LogP contribution in [0.15, 0.2) is 18.5 Å². The Bertz CT molecular complexity index is 299. The maximum Gasteiger partial charge on any atom is 0.225 e. The van der Waals surface area contributed by atoms with Gasteiger partial charge in [0.25, 0.3) is 0 Å². The lowest BCUT2D eigenvalue weighted by Gasteiger charge is -2.31. The molecule has 0 bridgehead atoms. The van der Waals surface area contributed by atoms with Crippen molar-refractivity contribution in [1.29, 1.82) is 0 Å². The van der Waals surface area contributed by atoms with E-state index in [1.807, 2.05) is 6.07 Å². The van der Waals surface area contributed by atoms with Crippen LogP contribution in [0.2, 0.25) is 0 Å². The number of piperidine rings is 1. The number of anilines is 1. The summed E-state index contributed by atoms with van der Waals surface area (Å²) >= 11 is 0. The van der Waals surface area contributed by atoms with Crippen molar-refractivity contribution in [2.24, 2.45) is 0 Å². The molecule has 5 nitrogen and oxygen atoms in total. The summed E-state index contributed by atoms with van der Waals surface area (Å²) in [7, 11) is 0. The molecule has 0 saturated carbocycles. The lowest BCUT2D eigenvalue weighted by molar-refractivity contribution is 0.0157. The molecule has 2 heterocycles. The van der Waals surface area contributed by atoms with Crippen molar-refractivity contribution in [3.8, 4) is 0 Å². The summed E-state index contributed by atoms with van der Waals surface area (Å²) in [6.07, 6.45) is 5.73. The number of ether oxygens (including phenoxy) is 1. The fraction of sp³-hybridized carbons (Fsp3) is 0.636. The molecular formula is C11H17N3O2. The van der Waals surface area contributed by atoms with Crippen molar-refractivity contribution in [2.75, 3.05) is 31.2 Å². The summed E-state index contributed by atoms with van der Waals surface area (Å²) in [4.78, 5) is 10.6. The van der Waals surface area contributed by atoms with Crippen molar-refractivity contribution in [3.63, 3.8) is 0 Å². The Morgan fingerprint density at radius 2 is 2.00 bits per heavy atom. The summed E-state index contributed by atoms with van der Waals surface area (Å²) in [5.74, 6) is 0.795. The molecule has 1 aliphatic heterocycles. The van der Waals surface area contributed by atoms with E-state index in [1.54, 1.807) is 12.4 Å². The van der Waals surface area contributed by atoms with Crippen molar-refractivity contribution in [3.05, 3.63) is 18.5 Å². The van der Waals surface area contributed by atoms with Gasteiger partial charge in [-0.15, -0.1) is 0 Å². The predicted molar refractivity (Wildman–Crippen MR) is 60.3 cm³/mol. The lowest BCUT2D eigenvalue weighted by Crippen LogP contribution is -2.38. The number of aliphatic hydroxyl groups excluding tert-OH is 1. The van der Waals surface area contributed by atoms with Crippen LogP contribution in [-0.4, -0.2) is 47.5 Å². The Kier molecular flexibility index (Phi) is 4.07. The first kappa shape index (κ1) is 11.3. The molecule has 1 saturated heterocycles. The second kappa shape index (κ2) is 5.77. The first-order valence-electron chi connectivity index (χ1n) is 5.64. The molecule has 1 fully saturated rings. The van der Waals surface area contributed by atoms with E-state index in [4.69, 9.17) is 9.84 Å². The van der Waals surface area contributed by atoms with Gasteiger partial charge in [-0.3, -0.25) is 0 Å². The maximum atomic E-state index is 8.67. The highest BCUT2D eigenvalue weighted by Crippen LogP contribution is 2.17. The fourth-order valence-corrected chi connectivity index (χ4v) is 1.90. The Hall–Kier alpha value is -1.20. The number of aliphatic hydroxyl groups is 1. The first-order valence-corrected chi connectivity index (χ1v) is 5.64. The molecular weight excluding hydrogens is 206 g/mol. The Morgan fingerprint density at radius 1 is 1.31 bits per heavy atom. The van der Waals surface area contributed by atoms with Crippen LogP contribution in [0.5, 0.6) is 0 Å². The molecule has 1 aromatic heterocycles. The molecule has 88 valence electrons. The molecule has 1 aromatic rings. The molecule has 16 heavy (non-hydrogen) atoms. The van der Waals surface area contributed by atoms with E-state index >= 15 is 0 Å². The molecule has 2 rings (SSSR count). The van der Waals surface area contributed by atoms with Gasteiger partial charge in [0.15, 0.2) is 0 Å². The summed E-state index contributed by atoms with van der Waals surface area (Å²) in [5.41, 5.74) is 0. The normalized spacial score (nSPS) is 17.7. The predicted octanol–water partition coefficient (Wildman–Crippen LogP) is 0.454. The van der Waals surface area contributed by atoms with E-state index in [1.165, 1.54) is 0 Å². The zero-order chi connectivity index (χ0) is 11.2. The molecule has 0 atom stereocenters. The second-order valence-corrected chi connectivity index (χ2v) is 3.83. The van der Waals surface area contributed by atoms with E-state index in [-0.39, 0.29) is 12.7 Å². The van der Waals surface area contributed by atoms with Crippen LogP contribution in [-0.2, 0) is 4.74 Å². The van der Waals surface area contributed by atoms with Crippen molar-refractivity contribution >= 4 is 5.95 Å².